The van der Waals surface area contributed by atoms with Crippen molar-refractivity contribution >= 4 is 17.5 Å². The van der Waals surface area contributed by atoms with Gasteiger partial charge in [-0.3, -0.25) is 4.79 Å². The van der Waals surface area contributed by atoms with E-state index in [1.807, 2.05) is 19.1 Å². The summed E-state index contributed by atoms with van der Waals surface area (Å²) in [5.74, 6) is 0.480. The summed E-state index contributed by atoms with van der Waals surface area (Å²) in [6.07, 6.45) is 3.01. The summed E-state index contributed by atoms with van der Waals surface area (Å²) in [6, 6.07) is 10.0. The third-order valence-electron chi connectivity index (χ3n) is 4.02. The molecule has 1 aromatic heterocycles. The molecule has 120 valence electrons. The van der Waals surface area contributed by atoms with Crippen LogP contribution in [-0.4, -0.2) is 29.0 Å². The van der Waals surface area contributed by atoms with Gasteiger partial charge in [-0.15, -0.1) is 0 Å². The number of hydrogen-bond donors (Lipinski definition) is 1. The summed E-state index contributed by atoms with van der Waals surface area (Å²) < 4.78 is 0. The number of aromatic nitrogens is 2. The first-order chi connectivity index (χ1) is 11.2. The number of aryl methyl sites for hydroxylation is 1. The fourth-order valence-corrected chi connectivity index (χ4v) is 2.81. The first kappa shape index (κ1) is 15.5. The number of carbonyl (C=O) groups excluding carboxylic acids is 1. The van der Waals surface area contributed by atoms with Crippen LogP contribution in [0.5, 0.6) is 0 Å². The summed E-state index contributed by atoms with van der Waals surface area (Å²) in [4.78, 5) is 23.4. The number of carbonyl (C=O) groups is 1. The van der Waals surface area contributed by atoms with Gasteiger partial charge in [0.25, 0.3) is 5.91 Å². The van der Waals surface area contributed by atoms with E-state index in [2.05, 4.69) is 39.2 Å². The largest absolute Gasteiger partial charge is 0.351 e. The SMILES string of the molecule is CCCCNC(=O)c1cc(C)nc(N2CCc3ccccc32)n1. The molecule has 0 fully saturated rings. The van der Waals surface area contributed by atoms with Crippen LogP contribution in [0.1, 0.15) is 41.5 Å². The highest BCUT2D eigenvalue weighted by Crippen LogP contribution is 2.32. The van der Waals surface area contributed by atoms with Crippen molar-refractivity contribution in [2.24, 2.45) is 0 Å². The van der Waals surface area contributed by atoms with E-state index in [0.717, 1.165) is 37.2 Å². The van der Waals surface area contributed by atoms with Crippen LogP contribution in [-0.2, 0) is 6.42 Å². The number of benzene rings is 1. The normalized spacial score (nSPS) is 13.0. The van der Waals surface area contributed by atoms with Crippen LogP contribution in [0.3, 0.4) is 0 Å². The lowest BCUT2D eigenvalue weighted by molar-refractivity contribution is 0.0948. The molecule has 2 aromatic rings. The Balaban J connectivity index is 1.85. The Kier molecular flexibility index (Phi) is 4.55. The Morgan fingerprint density at radius 2 is 2.13 bits per heavy atom. The van der Waals surface area contributed by atoms with Gasteiger partial charge in [-0.1, -0.05) is 31.5 Å². The first-order valence-electron chi connectivity index (χ1n) is 8.18. The zero-order valence-electron chi connectivity index (χ0n) is 13.7. The number of unbranched alkanes of at least 4 members (excludes halogenated alkanes) is 1. The van der Waals surface area contributed by atoms with Gasteiger partial charge in [0.2, 0.25) is 5.95 Å². The van der Waals surface area contributed by atoms with Crippen molar-refractivity contribution in [3.8, 4) is 0 Å². The second-order valence-corrected chi connectivity index (χ2v) is 5.83. The third kappa shape index (κ3) is 3.33. The number of fused-ring (bicyclic) bond motifs is 1. The topological polar surface area (TPSA) is 58.1 Å². The molecule has 0 atom stereocenters. The Morgan fingerprint density at radius 3 is 2.96 bits per heavy atom. The molecule has 0 spiro atoms. The highest BCUT2D eigenvalue weighted by Gasteiger charge is 2.23. The number of rotatable bonds is 5. The van der Waals surface area contributed by atoms with Gasteiger partial charge in [0.05, 0.1) is 0 Å². The van der Waals surface area contributed by atoms with Crippen LogP contribution in [0.25, 0.3) is 0 Å². The molecule has 3 rings (SSSR count). The molecular formula is C18H22N4O. The van der Waals surface area contributed by atoms with Crippen molar-refractivity contribution < 1.29 is 4.79 Å². The van der Waals surface area contributed by atoms with E-state index < -0.39 is 0 Å². The molecule has 1 amide bonds. The summed E-state index contributed by atoms with van der Waals surface area (Å²) in [5, 5.41) is 2.92. The van der Waals surface area contributed by atoms with Gasteiger partial charge in [0.15, 0.2) is 0 Å². The number of anilines is 2. The van der Waals surface area contributed by atoms with Gasteiger partial charge < -0.3 is 10.2 Å². The molecule has 5 nitrogen and oxygen atoms in total. The predicted molar refractivity (Wildman–Crippen MR) is 91.2 cm³/mol. The van der Waals surface area contributed by atoms with E-state index in [9.17, 15) is 4.79 Å². The number of para-hydroxylation sites is 1. The smallest absolute Gasteiger partial charge is 0.270 e. The molecule has 1 N–H and O–H groups in total. The fraction of sp³-hybridized carbons (Fsp3) is 0.389. The van der Waals surface area contributed by atoms with Gasteiger partial charge in [-0.25, -0.2) is 9.97 Å². The fourth-order valence-electron chi connectivity index (χ4n) is 2.81. The zero-order chi connectivity index (χ0) is 16.2. The molecule has 23 heavy (non-hydrogen) atoms. The van der Waals surface area contributed by atoms with Gasteiger partial charge in [0.1, 0.15) is 5.69 Å². The average Bonchev–Trinajstić information content (AvgIpc) is 2.98. The highest BCUT2D eigenvalue weighted by molar-refractivity contribution is 5.92. The van der Waals surface area contributed by atoms with Crippen molar-refractivity contribution in [3.63, 3.8) is 0 Å². The highest BCUT2D eigenvalue weighted by atomic mass is 16.1. The number of hydrogen-bond acceptors (Lipinski definition) is 4. The standard InChI is InChI=1S/C18H22N4O/c1-3-4-10-19-17(23)15-12-13(2)20-18(21-15)22-11-9-14-7-5-6-8-16(14)22/h5-8,12H,3-4,9-11H2,1-2H3,(H,19,23). The maximum absolute atomic E-state index is 12.3. The zero-order valence-corrected chi connectivity index (χ0v) is 13.7. The minimum absolute atomic E-state index is 0.127. The Hall–Kier alpha value is -2.43. The lowest BCUT2D eigenvalue weighted by atomic mass is 10.2. The van der Waals surface area contributed by atoms with E-state index in [-0.39, 0.29) is 5.91 Å². The molecule has 5 heteroatoms. The molecule has 0 unspecified atom stereocenters. The minimum atomic E-state index is -0.127. The van der Waals surface area contributed by atoms with E-state index in [1.165, 1.54) is 5.56 Å². The maximum atomic E-state index is 12.3. The summed E-state index contributed by atoms with van der Waals surface area (Å²) in [6.45, 7) is 5.53. The van der Waals surface area contributed by atoms with Crippen LogP contribution in [0.2, 0.25) is 0 Å². The van der Waals surface area contributed by atoms with Crippen LogP contribution in [0.4, 0.5) is 11.6 Å². The van der Waals surface area contributed by atoms with Crippen molar-refractivity contribution in [2.75, 3.05) is 18.0 Å². The molecule has 1 aliphatic heterocycles. The number of nitrogens with zero attached hydrogens (tertiary/aromatic N) is 3. The van der Waals surface area contributed by atoms with Crippen molar-refractivity contribution in [1.82, 2.24) is 15.3 Å². The van der Waals surface area contributed by atoms with Crippen LogP contribution >= 0.6 is 0 Å². The average molecular weight is 310 g/mol. The lowest BCUT2D eigenvalue weighted by Crippen LogP contribution is -2.27. The van der Waals surface area contributed by atoms with Crippen molar-refractivity contribution in [2.45, 2.75) is 33.1 Å². The molecule has 0 bridgehead atoms. The number of amides is 1. The molecular weight excluding hydrogens is 288 g/mol. The molecule has 0 radical (unpaired) electrons. The van der Waals surface area contributed by atoms with Crippen LogP contribution in [0.15, 0.2) is 30.3 Å². The van der Waals surface area contributed by atoms with E-state index >= 15 is 0 Å². The van der Waals surface area contributed by atoms with Crippen LogP contribution < -0.4 is 10.2 Å². The first-order valence-corrected chi connectivity index (χ1v) is 8.18. The Bertz CT molecular complexity index is 714. The second-order valence-electron chi connectivity index (χ2n) is 5.83. The third-order valence-corrected chi connectivity index (χ3v) is 4.02. The molecule has 0 saturated heterocycles. The Labute approximate surface area is 136 Å². The van der Waals surface area contributed by atoms with Gasteiger partial charge in [-0.05, 0) is 37.5 Å². The van der Waals surface area contributed by atoms with Gasteiger partial charge >= 0.3 is 0 Å². The van der Waals surface area contributed by atoms with Crippen LogP contribution in [0, 0.1) is 6.92 Å². The monoisotopic (exact) mass is 310 g/mol. The van der Waals surface area contributed by atoms with Gasteiger partial charge in [-0.2, -0.15) is 0 Å². The van der Waals surface area contributed by atoms with E-state index in [0.29, 0.717) is 18.2 Å². The Morgan fingerprint density at radius 1 is 1.30 bits per heavy atom. The molecule has 0 aliphatic carbocycles. The molecule has 1 aliphatic rings. The molecule has 0 saturated carbocycles. The lowest BCUT2D eigenvalue weighted by Gasteiger charge is -2.18. The molecule has 2 heterocycles. The minimum Gasteiger partial charge on any atom is -0.351 e. The summed E-state index contributed by atoms with van der Waals surface area (Å²) >= 11 is 0. The predicted octanol–water partition coefficient (Wildman–Crippen LogP) is 3.01. The summed E-state index contributed by atoms with van der Waals surface area (Å²) in [5.41, 5.74) is 3.68. The quantitative estimate of drug-likeness (QED) is 0.863. The van der Waals surface area contributed by atoms with Crippen molar-refractivity contribution in [3.05, 3.63) is 47.3 Å². The van der Waals surface area contributed by atoms with E-state index in [4.69, 9.17) is 0 Å². The maximum Gasteiger partial charge on any atom is 0.270 e. The van der Waals surface area contributed by atoms with E-state index in [1.54, 1.807) is 6.07 Å². The summed E-state index contributed by atoms with van der Waals surface area (Å²) in [7, 11) is 0. The molecule has 1 aromatic carbocycles. The van der Waals surface area contributed by atoms with Gasteiger partial charge in [0, 0.05) is 24.5 Å². The second kappa shape index (κ2) is 6.77. The number of nitrogens with one attached hydrogen (secondary N) is 1. The van der Waals surface area contributed by atoms with Crippen molar-refractivity contribution in [1.29, 1.82) is 0 Å².